The van der Waals surface area contributed by atoms with Crippen molar-refractivity contribution in [3.05, 3.63) is 158 Å². The van der Waals surface area contributed by atoms with Gasteiger partial charge in [-0.05, 0) is 59.7 Å². The number of hydrogen-bond donors (Lipinski definition) is 0. The third-order valence-corrected chi connectivity index (χ3v) is 8.58. The average molecular weight is 615 g/mol. The van der Waals surface area contributed by atoms with Crippen molar-refractivity contribution >= 4 is 32.7 Å². The van der Waals surface area contributed by atoms with Crippen LogP contribution in [-0.4, -0.2) is 29.9 Å². The summed E-state index contributed by atoms with van der Waals surface area (Å²) in [4.78, 5) is 29.5. The molecule has 0 saturated carbocycles. The Bertz CT molecular complexity index is 2610. The molecule has 0 unspecified atom stereocenters. The highest BCUT2D eigenvalue weighted by atomic mass is 14.9. The Hall–Kier alpha value is -6.66. The third kappa shape index (κ3) is 4.93. The van der Waals surface area contributed by atoms with Crippen LogP contribution in [0.3, 0.4) is 0 Å². The fourth-order valence-corrected chi connectivity index (χ4v) is 6.27. The molecular formula is C42H26N6. The zero-order valence-corrected chi connectivity index (χ0v) is 25.7. The van der Waals surface area contributed by atoms with Crippen LogP contribution in [0.15, 0.2) is 158 Å². The molecule has 5 heterocycles. The van der Waals surface area contributed by atoms with Gasteiger partial charge in [0.2, 0.25) is 0 Å². The average Bonchev–Trinajstić information content (AvgIpc) is 3.18. The number of fused-ring (bicyclic) bond motifs is 4. The molecule has 4 aromatic carbocycles. The standard InChI is InChI=1S/C42H26N6/c1-2-10-27(11-3-1)33-22-20-28-18-19-29-21-23-34(46-40(29)39(28)45-33)31-13-8-12-30(26-31)32-14-9-17-35-38(32)41(36-15-4-6-24-43-36)48-42(47-35)37-16-5-7-25-44-37/h1-26H. The lowest BCUT2D eigenvalue weighted by atomic mass is 9.96. The highest BCUT2D eigenvalue weighted by Gasteiger charge is 2.17. The van der Waals surface area contributed by atoms with Gasteiger partial charge >= 0.3 is 0 Å². The van der Waals surface area contributed by atoms with E-state index in [9.17, 15) is 0 Å². The van der Waals surface area contributed by atoms with Crippen LogP contribution in [0, 0.1) is 0 Å². The first-order valence-corrected chi connectivity index (χ1v) is 15.8. The van der Waals surface area contributed by atoms with Gasteiger partial charge in [0.15, 0.2) is 5.82 Å². The van der Waals surface area contributed by atoms with E-state index in [1.165, 1.54) is 0 Å². The maximum Gasteiger partial charge on any atom is 0.179 e. The maximum atomic E-state index is 5.21. The first-order chi connectivity index (χ1) is 23.8. The van der Waals surface area contributed by atoms with Crippen molar-refractivity contribution in [3.63, 3.8) is 0 Å². The summed E-state index contributed by atoms with van der Waals surface area (Å²) in [5, 5.41) is 3.04. The minimum absolute atomic E-state index is 0.561. The molecular weight excluding hydrogens is 589 g/mol. The molecule has 0 atom stereocenters. The Morgan fingerprint density at radius 3 is 1.69 bits per heavy atom. The predicted molar refractivity (Wildman–Crippen MR) is 193 cm³/mol. The molecule has 6 nitrogen and oxygen atoms in total. The number of rotatable bonds is 5. The molecule has 9 aromatic rings. The normalized spacial score (nSPS) is 11.3. The molecule has 0 aliphatic heterocycles. The van der Waals surface area contributed by atoms with Crippen molar-refractivity contribution < 1.29 is 0 Å². The van der Waals surface area contributed by atoms with Crippen LogP contribution < -0.4 is 0 Å². The van der Waals surface area contributed by atoms with Crippen LogP contribution >= 0.6 is 0 Å². The van der Waals surface area contributed by atoms with Gasteiger partial charge in [-0.25, -0.2) is 19.9 Å². The van der Waals surface area contributed by atoms with Crippen LogP contribution in [0.4, 0.5) is 0 Å². The van der Waals surface area contributed by atoms with Crippen molar-refractivity contribution in [2.45, 2.75) is 0 Å². The Morgan fingerprint density at radius 2 is 0.979 bits per heavy atom. The van der Waals surface area contributed by atoms with Gasteiger partial charge in [0, 0.05) is 39.7 Å². The topological polar surface area (TPSA) is 77.3 Å². The predicted octanol–water partition coefficient (Wildman–Crippen LogP) is 9.85. The number of aromatic nitrogens is 6. The van der Waals surface area contributed by atoms with Gasteiger partial charge in [-0.2, -0.15) is 0 Å². The maximum absolute atomic E-state index is 5.21. The second kappa shape index (κ2) is 11.6. The summed E-state index contributed by atoms with van der Waals surface area (Å²) < 4.78 is 0. The molecule has 48 heavy (non-hydrogen) atoms. The lowest BCUT2D eigenvalue weighted by molar-refractivity contribution is 1.16. The summed E-state index contributed by atoms with van der Waals surface area (Å²) >= 11 is 0. The van der Waals surface area contributed by atoms with Gasteiger partial charge in [0.25, 0.3) is 0 Å². The Morgan fingerprint density at radius 1 is 0.375 bits per heavy atom. The molecule has 0 saturated heterocycles. The number of hydrogen-bond acceptors (Lipinski definition) is 6. The number of benzene rings is 4. The fraction of sp³-hybridized carbons (Fsp3) is 0. The molecule has 0 aliphatic rings. The van der Waals surface area contributed by atoms with Gasteiger partial charge in [0.05, 0.1) is 33.6 Å². The van der Waals surface area contributed by atoms with Crippen LogP contribution in [0.2, 0.25) is 0 Å². The van der Waals surface area contributed by atoms with Crippen LogP contribution in [-0.2, 0) is 0 Å². The first kappa shape index (κ1) is 27.6. The lowest BCUT2D eigenvalue weighted by Crippen LogP contribution is -1.99. The summed E-state index contributed by atoms with van der Waals surface area (Å²) in [5.41, 5.74) is 10.8. The zero-order valence-electron chi connectivity index (χ0n) is 25.7. The van der Waals surface area contributed by atoms with Crippen LogP contribution in [0.1, 0.15) is 0 Å². The fourth-order valence-electron chi connectivity index (χ4n) is 6.27. The van der Waals surface area contributed by atoms with E-state index in [2.05, 4.69) is 88.8 Å². The summed E-state index contributed by atoms with van der Waals surface area (Å²) in [5.74, 6) is 0.561. The highest BCUT2D eigenvalue weighted by Crippen LogP contribution is 2.37. The van der Waals surface area contributed by atoms with Gasteiger partial charge < -0.3 is 0 Å². The largest absolute Gasteiger partial charge is 0.255 e. The quantitative estimate of drug-likeness (QED) is 0.180. The molecule has 0 spiro atoms. The van der Waals surface area contributed by atoms with Gasteiger partial charge in [-0.3, -0.25) is 9.97 Å². The van der Waals surface area contributed by atoms with E-state index >= 15 is 0 Å². The molecule has 5 aromatic heterocycles. The Kier molecular flexibility index (Phi) is 6.68. The van der Waals surface area contributed by atoms with Crippen molar-refractivity contribution in [3.8, 4) is 56.5 Å². The monoisotopic (exact) mass is 614 g/mol. The van der Waals surface area contributed by atoms with Gasteiger partial charge in [0.1, 0.15) is 11.4 Å². The molecule has 224 valence electrons. The van der Waals surface area contributed by atoms with Crippen LogP contribution in [0.25, 0.3) is 89.3 Å². The van der Waals surface area contributed by atoms with Crippen molar-refractivity contribution in [2.24, 2.45) is 0 Å². The minimum Gasteiger partial charge on any atom is -0.255 e. The minimum atomic E-state index is 0.561. The molecule has 9 rings (SSSR count). The van der Waals surface area contributed by atoms with E-state index in [0.717, 1.165) is 77.7 Å². The van der Waals surface area contributed by atoms with E-state index in [1.807, 2.05) is 66.7 Å². The Labute approximate surface area is 276 Å². The number of pyridine rings is 4. The first-order valence-electron chi connectivity index (χ1n) is 15.8. The summed E-state index contributed by atoms with van der Waals surface area (Å²) in [6.45, 7) is 0. The molecule has 0 amide bonds. The second-order valence-corrected chi connectivity index (χ2v) is 11.6. The van der Waals surface area contributed by atoms with E-state index < -0.39 is 0 Å². The van der Waals surface area contributed by atoms with Crippen LogP contribution in [0.5, 0.6) is 0 Å². The van der Waals surface area contributed by atoms with Gasteiger partial charge in [-0.15, -0.1) is 0 Å². The molecule has 0 fully saturated rings. The molecule has 0 aliphatic carbocycles. The molecule has 0 radical (unpaired) electrons. The second-order valence-electron chi connectivity index (χ2n) is 11.6. The smallest absolute Gasteiger partial charge is 0.179 e. The molecule has 0 bridgehead atoms. The summed E-state index contributed by atoms with van der Waals surface area (Å²) in [7, 11) is 0. The van der Waals surface area contributed by atoms with E-state index in [0.29, 0.717) is 11.5 Å². The lowest BCUT2D eigenvalue weighted by Gasteiger charge is -2.14. The summed E-state index contributed by atoms with van der Waals surface area (Å²) in [6.07, 6.45) is 3.55. The number of nitrogens with zero attached hydrogens (tertiary/aromatic N) is 6. The third-order valence-electron chi connectivity index (χ3n) is 8.58. The van der Waals surface area contributed by atoms with Crippen molar-refractivity contribution in [1.82, 2.24) is 29.9 Å². The highest BCUT2D eigenvalue weighted by molar-refractivity contribution is 6.05. The Balaban J connectivity index is 1.20. The molecule has 6 heteroatoms. The van der Waals surface area contributed by atoms with Crippen molar-refractivity contribution in [2.75, 3.05) is 0 Å². The van der Waals surface area contributed by atoms with Gasteiger partial charge in [-0.1, -0.05) is 97.1 Å². The van der Waals surface area contributed by atoms with E-state index in [1.54, 1.807) is 12.4 Å². The summed E-state index contributed by atoms with van der Waals surface area (Å²) in [6, 6.07) is 49.2. The van der Waals surface area contributed by atoms with Crippen molar-refractivity contribution in [1.29, 1.82) is 0 Å². The molecule has 0 N–H and O–H groups in total. The van der Waals surface area contributed by atoms with E-state index in [4.69, 9.17) is 19.9 Å². The van der Waals surface area contributed by atoms with E-state index in [-0.39, 0.29) is 0 Å². The SMILES string of the molecule is c1ccc(-c2ccc3ccc4ccc(-c5cccc(-c6cccc7nc(-c8ccccn8)nc(-c8ccccn8)c67)c5)nc4c3n2)cc1. The zero-order chi connectivity index (χ0) is 31.9.